The van der Waals surface area contributed by atoms with E-state index in [0.717, 1.165) is 16.9 Å². The number of aromatic carboxylic acids is 1. The summed E-state index contributed by atoms with van der Waals surface area (Å²) in [5.41, 5.74) is 9.24. The standard InChI is InChI=1S/C25H19N5O3/c26-23-21-22(17-9-11-20(12-10-17)33-19-7-2-1-3-8-19)29-30(24(21)28-15-27-23)14-16-5-4-6-18(13-16)25(31)32/h1-13,15H,14H2,(H,31,32)(H2,26,27,28). The molecule has 8 heteroatoms. The third-order valence-corrected chi connectivity index (χ3v) is 5.17. The minimum Gasteiger partial charge on any atom is -0.478 e. The number of ether oxygens (including phenoxy) is 1. The van der Waals surface area contributed by atoms with Gasteiger partial charge in [-0.15, -0.1) is 0 Å². The van der Waals surface area contributed by atoms with Gasteiger partial charge in [0, 0.05) is 5.56 Å². The van der Waals surface area contributed by atoms with Crippen molar-refractivity contribution in [3.8, 4) is 22.8 Å². The van der Waals surface area contributed by atoms with Gasteiger partial charge in [-0.25, -0.2) is 19.4 Å². The fourth-order valence-corrected chi connectivity index (χ4v) is 3.62. The molecule has 0 fully saturated rings. The Morgan fingerprint density at radius 2 is 1.70 bits per heavy atom. The second-order valence-electron chi connectivity index (χ2n) is 7.41. The highest BCUT2D eigenvalue weighted by Crippen LogP contribution is 2.32. The van der Waals surface area contributed by atoms with E-state index in [4.69, 9.17) is 15.6 Å². The Bertz CT molecular complexity index is 1450. The lowest BCUT2D eigenvalue weighted by molar-refractivity contribution is 0.0696. The van der Waals surface area contributed by atoms with E-state index in [2.05, 4.69) is 9.97 Å². The van der Waals surface area contributed by atoms with Gasteiger partial charge in [-0.05, 0) is 54.1 Å². The molecular weight excluding hydrogens is 418 g/mol. The quantitative estimate of drug-likeness (QED) is 0.398. The Morgan fingerprint density at radius 3 is 2.45 bits per heavy atom. The highest BCUT2D eigenvalue weighted by atomic mass is 16.5. The number of anilines is 1. The average molecular weight is 437 g/mol. The molecule has 5 rings (SSSR count). The molecule has 162 valence electrons. The van der Waals surface area contributed by atoms with Gasteiger partial charge in [-0.1, -0.05) is 30.3 Å². The molecule has 0 spiro atoms. The summed E-state index contributed by atoms with van der Waals surface area (Å²) in [7, 11) is 0. The molecule has 0 radical (unpaired) electrons. The normalized spacial score (nSPS) is 10.9. The summed E-state index contributed by atoms with van der Waals surface area (Å²) >= 11 is 0. The summed E-state index contributed by atoms with van der Waals surface area (Å²) in [6, 6.07) is 23.8. The minimum absolute atomic E-state index is 0.215. The smallest absolute Gasteiger partial charge is 0.335 e. The number of hydrogen-bond donors (Lipinski definition) is 2. The number of aromatic nitrogens is 4. The van der Waals surface area contributed by atoms with Crippen molar-refractivity contribution in [3.63, 3.8) is 0 Å². The topological polar surface area (TPSA) is 116 Å². The molecule has 0 atom stereocenters. The van der Waals surface area contributed by atoms with Crippen LogP contribution in [0.15, 0.2) is 85.2 Å². The second kappa shape index (κ2) is 8.43. The lowest BCUT2D eigenvalue weighted by atomic mass is 10.1. The fourth-order valence-electron chi connectivity index (χ4n) is 3.62. The number of hydrogen-bond acceptors (Lipinski definition) is 6. The zero-order valence-electron chi connectivity index (χ0n) is 17.4. The van der Waals surface area contributed by atoms with Crippen LogP contribution in [0.5, 0.6) is 11.5 Å². The summed E-state index contributed by atoms with van der Waals surface area (Å²) in [5.74, 6) is 0.794. The third-order valence-electron chi connectivity index (χ3n) is 5.17. The van der Waals surface area contributed by atoms with Crippen LogP contribution in [0.4, 0.5) is 5.82 Å². The van der Waals surface area contributed by atoms with E-state index in [1.807, 2.05) is 60.7 Å². The second-order valence-corrected chi connectivity index (χ2v) is 7.41. The number of nitrogen functional groups attached to an aromatic ring is 1. The number of carboxylic acids is 1. The van der Waals surface area contributed by atoms with Crippen molar-refractivity contribution < 1.29 is 14.6 Å². The monoisotopic (exact) mass is 437 g/mol. The number of nitrogens with two attached hydrogens (primary N) is 1. The fraction of sp³-hybridized carbons (Fsp3) is 0.0400. The summed E-state index contributed by atoms with van der Waals surface area (Å²) < 4.78 is 7.58. The Balaban J connectivity index is 1.51. The largest absolute Gasteiger partial charge is 0.478 e. The van der Waals surface area contributed by atoms with Crippen LogP contribution >= 0.6 is 0 Å². The molecule has 2 aromatic heterocycles. The van der Waals surface area contributed by atoms with Crippen molar-refractivity contribution in [2.45, 2.75) is 6.54 Å². The lowest BCUT2D eigenvalue weighted by Crippen LogP contribution is -2.05. The van der Waals surface area contributed by atoms with Crippen molar-refractivity contribution in [2.24, 2.45) is 0 Å². The summed E-state index contributed by atoms with van der Waals surface area (Å²) in [6.45, 7) is 0.337. The molecule has 0 aliphatic heterocycles. The molecule has 0 amide bonds. The van der Waals surface area contributed by atoms with E-state index < -0.39 is 5.97 Å². The van der Waals surface area contributed by atoms with Crippen LogP contribution in [0.2, 0.25) is 0 Å². The van der Waals surface area contributed by atoms with Crippen LogP contribution in [0.25, 0.3) is 22.3 Å². The van der Waals surface area contributed by atoms with Crippen molar-refractivity contribution in [1.82, 2.24) is 19.7 Å². The minimum atomic E-state index is -0.979. The van der Waals surface area contributed by atoms with Gasteiger partial charge in [0.25, 0.3) is 0 Å². The van der Waals surface area contributed by atoms with E-state index in [1.54, 1.807) is 22.9 Å². The van der Waals surface area contributed by atoms with Gasteiger partial charge < -0.3 is 15.6 Å². The molecule has 0 saturated heterocycles. The van der Waals surface area contributed by atoms with Gasteiger partial charge in [0.15, 0.2) is 5.65 Å². The highest BCUT2D eigenvalue weighted by molar-refractivity contribution is 5.98. The number of benzene rings is 3. The first-order valence-electron chi connectivity index (χ1n) is 10.2. The number of fused-ring (bicyclic) bond motifs is 1. The maximum absolute atomic E-state index is 11.3. The summed E-state index contributed by atoms with van der Waals surface area (Å²) in [4.78, 5) is 19.8. The molecule has 0 bridgehead atoms. The average Bonchev–Trinajstić information content (AvgIpc) is 3.20. The molecule has 5 aromatic rings. The van der Waals surface area contributed by atoms with Crippen LogP contribution < -0.4 is 10.5 Å². The molecule has 8 nitrogen and oxygen atoms in total. The van der Waals surface area contributed by atoms with Crippen molar-refractivity contribution >= 4 is 22.8 Å². The number of rotatable bonds is 6. The Kier molecular flexibility index (Phi) is 5.16. The SMILES string of the molecule is Nc1ncnc2c1c(-c1ccc(Oc3ccccc3)cc1)nn2Cc1cccc(C(=O)O)c1. The molecule has 3 aromatic carbocycles. The van der Waals surface area contributed by atoms with Gasteiger partial charge >= 0.3 is 5.97 Å². The van der Waals surface area contributed by atoms with E-state index in [9.17, 15) is 9.90 Å². The number of para-hydroxylation sites is 1. The first kappa shape index (κ1) is 20.2. The van der Waals surface area contributed by atoms with E-state index in [-0.39, 0.29) is 5.56 Å². The third kappa shape index (κ3) is 4.09. The van der Waals surface area contributed by atoms with Gasteiger partial charge in [0.1, 0.15) is 29.3 Å². The number of carboxylic acid groups (broad SMARTS) is 1. The lowest BCUT2D eigenvalue weighted by Gasteiger charge is -2.06. The van der Waals surface area contributed by atoms with Crippen LogP contribution in [-0.4, -0.2) is 30.8 Å². The molecule has 0 saturated carbocycles. The van der Waals surface area contributed by atoms with Gasteiger partial charge in [-0.3, -0.25) is 0 Å². The van der Waals surface area contributed by atoms with Crippen molar-refractivity contribution in [1.29, 1.82) is 0 Å². The predicted octanol–water partition coefficient (Wildman–Crippen LogP) is 4.61. The highest BCUT2D eigenvalue weighted by Gasteiger charge is 2.17. The van der Waals surface area contributed by atoms with Gasteiger partial charge in [0.2, 0.25) is 0 Å². The van der Waals surface area contributed by atoms with Crippen LogP contribution in [-0.2, 0) is 6.54 Å². The first-order chi connectivity index (χ1) is 16.1. The molecular formula is C25H19N5O3. The van der Waals surface area contributed by atoms with Gasteiger partial charge in [0.05, 0.1) is 17.5 Å². The Hall–Kier alpha value is -4.72. The molecule has 33 heavy (non-hydrogen) atoms. The van der Waals surface area contributed by atoms with Crippen LogP contribution in [0, 0.1) is 0 Å². The molecule has 0 aliphatic carbocycles. The zero-order valence-corrected chi connectivity index (χ0v) is 17.4. The van der Waals surface area contributed by atoms with E-state index >= 15 is 0 Å². The molecule has 2 heterocycles. The summed E-state index contributed by atoms with van der Waals surface area (Å²) in [5, 5.41) is 14.7. The van der Waals surface area contributed by atoms with Crippen LogP contribution in [0.3, 0.4) is 0 Å². The van der Waals surface area contributed by atoms with Gasteiger partial charge in [-0.2, -0.15) is 5.10 Å². The Morgan fingerprint density at radius 1 is 0.939 bits per heavy atom. The summed E-state index contributed by atoms with van der Waals surface area (Å²) in [6.07, 6.45) is 1.39. The maximum atomic E-state index is 11.3. The Labute approximate surface area is 188 Å². The number of carbonyl (C=O) groups is 1. The van der Waals surface area contributed by atoms with E-state index in [0.29, 0.717) is 34.8 Å². The van der Waals surface area contributed by atoms with Crippen LogP contribution in [0.1, 0.15) is 15.9 Å². The molecule has 0 aliphatic rings. The van der Waals surface area contributed by atoms with E-state index in [1.165, 1.54) is 6.33 Å². The van der Waals surface area contributed by atoms with Crippen molar-refractivity contribution in [3.05, 3.63) is 96.3 Å². The molecule has 0 unspecified atom stereocenters. The van der Waals surface area contributed by atoms with Crippen molar-refractivity contribution in [2.75, 3.05) is 5.73 Å². The molecule has 3 N–H and O–H groups in total. The predicted molar refractivity (Wildman–Crippen MR) is 124 cm³/mol. The number of nitrogens with zero attached hydrogens (tertiary/aromatic N) is 4. The maximum Gasteiger partial charge on any atom is 0.335 e. The zero-order chi connectivity index (χ0) is 22.8. The first-order valence-corrected chi connectivity index (χ1v) is 10.2.